The number of benzene rings is 4. The van der Waals surface area contributed by atoms with Gasteiger partial charge in [-0.2, -0.15) is 0 Å². The molecule has 0 aromatic heterocycles. The van der Waals surface area contributed by atoms with Crippen LogP contribution in [0.3, 0.4) is 0 Å². The summed E-state index contributed by atoms with van der Waals surface area (Å²) in [6.45, 7) is 31.1. The minimum atomic E-state index is 0.215. The van der Waals surface area contributed by atoms with E-state index in [1.54, 1.807) is 99.1 Å². The maximum atomic E-state index is 2.59. The molecule has 0 nitrogen and oxygen atoms in total. The highest BCUT2D eigenvalue weighted by molar-refractivity contribution is 6.34. The van der Waals surface area contributed by atoms with Crippen molar-refractivity contribution in [2.45, 2.75) is 173 Å². The second-order valence-corrected chi connectivity index (χ2v) is 20.7. The van der Waals surface area contributed by atoms with Gasteiger partial charge in [0.15, 0.2) is 0 Å². The molecule has 45 heavy (non-hydrogen) atoms. The number of rotatable bonds is 0. The van der Waals surface area contributed by atoms with Crippen molar-refractivity contribution in [2.75, 3.05) is 0 Å². The van der Waals surface area contributed by atoms with Crippen LogP contribution >= 0.6 is 0 Å². The van der Waals surface area contributed by atoms with Crippen LogP contribution in [0.4, 0.5) is 0 Å². The minimum absolute atomic E-state index is 0.215. The molecule has 0 saturated heterocycles. The lowest BCUT2D eigenvalue weighted by molar-refractivity contribution is 0.327. The van der Waals surface area contributed by atoms with Crippen molar-refractivity contribution < 1.29 is 0 Å². The lowest BCUT2D eigenvalue weighted by atomic mass is 9.59. The Balaban J connectivity index is 1.53. The van der Waals surface area contributed by atoms with E-state index in [1.165, 1.54) is 38.5 Å². The van der Waals surface area contributed by atoms with E-state index >= 15 is 0 Å². The molecule has 0 amide bonds. The first-order chi connectivity index (χ1) is 20.8. The van der Waals surface area contributed by atoms with Gasteiger partial charge in [0.25, 0.3) is 0 Å². The van der Waals surface area contributed by atoms with E-state index < -0.39 is 0 Å². The van der Waals surface area contributed by atoms with Gasteiger partial charge in [0.1, 0.15) is 0 Å². The monoisotopic (exact) mass is 594 g/mol. The molecule has 0 atom stereocenters. The van der Waals surface area contributed by atoms with Gasteiger partial charge in [-0.3, -0.25) is 0 Å². The lowest BCUT2D eigenvalue weighted by Crippen LogP contribution is -2.36. The third-order valence-electron chi connectivity index (χ3n) is 15.1. The summed E-state index contributed by atoms with van der Waals surface area (Å²) >= 11 is 0. The minimum Gasteiger partial charge on any atom is -0.0558 e. The first kappa shape index (κ1) is 27.7. The van der Waals surface area contributed by atoms with Crippen molar-refractivity contribution in [3.8, 4) is 0 Å². The summed E-state index contributed by atoms with van der Waals surface area (Å²) in [5, 5.41) is 10.3. The Hall–Kier alpha value is -2.34. The summed E-state index contributed by atoms with van der Waals surface area (Å²) in [5.41, 5.74) is 22.4. The lowest BCUT2D eigenvalue weighted by Gasteiger charge is -2.45. The molecule has 4 aromatic carbocycles. The average Bonchev–Trinajstić information content (AvgIpc) is 3.61. The van der Waals surface area contributed by atoms with Gasteiger partial charge >= 0.3 is 0 Å². The van der Waals surface area contributed by atoms with E-state index in [0.29, 0.717) is 0 Å². The van der Waals surface area contributed by atoms with Crippen LogP contribution in [0.15, 0.2) is 0 Å². The van der Waals surface area contributed by atoms with Crippen molar-refractivity contribution in [3.05, 3.63) is 66.8 Å². The second-order valence-electron chi connectivity index (χ2n) is 20.7. The van der Waals surface area contributed by atoms with E-state index in [0.717, 1.165) is 19.3 Å². The predicted molar refractivity (Wildman–Crippen MR) is 193 cm³/mol. The Kier molecular flexibility index (Phi) is 4.54. The van der Waals surface area contributed by atoms with E-state index in [9.17, 15) is 0 Å². The van der Waals surface area contributed by atoms with Gasteiger partial charge in [0.05, 0.1) is 0 Å². The Morgan fingerprint density at radius 2 is 0.378 bits per heavy atom. The Bertz CT molecular complexity index is 1740. The zero-order valence-electron chi connectivity index (χ0n) is 30.4. The van der Waals surface area contributed by atoms with Gasteiger partial charge in [0, 0.05) is 0 Å². The molecule has 0 radical (unpaired) electrons. The third kappa shape index (κ3) is 2.89. The molecule has 0 spiro atoms. The van der Waals surface area contributed by atoms with E-state index in [1.807, 2.05) is 0 Å². The molecule has 10 rings (SSSR count). The number of hydrogen-bond donors (Lipinski definition) is 0. The van der Waals surface area contributed by atoms with Crippen LogP contribution in [-0.4, -0.2) is 0 Å². The summed E-state index contributed by atoms with van der Waals surface area (Å²) in [4.78, 5) is 0. The van der Waals surface area contributed by atoms with Crippen molar-refractivity contribution >= 4 is 32.3 Å². The van der Waals surface area contributed by atoms with Crippen molar-refractivity contribution in [2.24, 2.45) is 0 Å². The maximum absolute atomic E-state index is 2.59. The fourth-order valence-corrected chi connectivity index (χ4v) is 12.9. The van der Waals surface area contributed by atoms with Gasteiger partial charge in [-0.1, -0.05) is 83.1 Å². The van der Waals surface area contributed by atoms with Crippen LogP contribution in [0.2, 0.25) is 0 Å². The predicted octanol–water partition coefficient (Wildman–Crippen LogP) is 11.9. The van der Waals surface area contributed by atoms with Crippen molar-refractivity contribution in [1.82, 2.24) is 0 Å². The van der Waals surface area contributed by atoms with Crippen molar-refractivity contribution in [3.63, 3.8) is 0 Å². The zero-order chi connectivity index (χ0) is 31.8. The molecular formula is C45H54. The summed E-state index contributed by atoms with van der Waals surface area (Å²) in [7, 11) is 0. The highest BCUT2D eigenvalue weighted by atomic mass is 14.5. The average molecular weight is 595 g/mol. The van der Waals surface area contributed by atoms with Gasteiger partial charge in [-0.05, 0) is 189 Å². The molecule has 0 saturated carbocycles. The summed E-state index contributed by atoms with van der Waals surface area (Å²) in [6, 6.07) is 0. The van der Waals surface area contributed by atoms with E-state index in [-0.39, 0.29) is 32.5 Å². The number of hydrogen-bond acceptors (Lipinski definition) is 0. The highest BCUT2D eigenvalue weighted by Gasteiger charge is 2.51. The van der Waals surface area contributed by atoms with Crippen LogP contribution in [0.25, 0.3) is 32.3 Å². The molecule has 0 aliphatic heterocycles. The molecule has 4 aromatic rings. The topological polar surface area (TPSA) is 0 Å². The van der Waals surface area contributed by atoms with Gasteiger partial charge < -0.3 is 0 Å². The molecule has 6 aliphatic carbocycles. The second kappa shape index (κ2) is 7.37. The van der Waals surface area contributed by atoms with Gasteiger partial charge in [0.2, 0.25) is 0 Å². The van der Waals surface area contributed by atoms with Crippen LogP contribution in [0.5, 0.6) is 0 Å². The summed E-state index contributed by atoms with van der Waals surface area (Å²) in [6.07, 6.45) is 11.2. The van der Waals surface area contributed by atoms with Gasteiger partial charge in [-0.25, -0.2) is 0 Å². The summed E-state index contributed by atoms with van der Waals surface area (Å²) < 4.78 is 0. The molecule has 0 heterocycles. The molecule has 6 aliphatic rings. The Labute approximate surface area is 271 Å². The molecular weight excluding hydrogens is 540 g/mol. The third-order valence-corrected chi connectivity index (χ3v) is 15.1. The largest absolute Gasteiger partial charge is 0.0558 e. The van der Waals surface area contributed by atoms with Gasteiger partial charge in [-0.15, -0.1) is 0 Å². The van der Waals surface area contributed by atoms with E-state index in [4.69, 9.17) is 0 Å². The van der Waals surface area contributed by atoms with Crippen LogP contribution < -0.4 is 0 Å². The van der Waals surface area contributed by atoms with Crippen LogP contribution in [-0.2, 0) is 51.8 Å². The molecule has 0 unspecified atom stereocenters. The number of fused-ring (bicyclic) bond motifs is 9. The van der Waals surface area contributed by atoms with Crippen LogP contribution in [0.1, 0.15) is 188 Å². The van der Waals surface area contributed by atoms with Crippen molar-refractivity contribution in [1.29, 1.82) is 0 Å². The maximum Gasteiger partial charge on any atom is -0.000689 e. The molecule has 234 valence electrons. The normalized spacial score (nSPS) is 25.6. The molecule has 0 bridgehead atoms. The fraction of sp³-hybridized carbons (Fsp3) is 0.600. The summed E-state index contributed by atoms with van der Waals surface area (Å²) in [5.74, 6) is 0. The molecule has 0 heteroatoms. The molecule has 0 fully saturated rings. The van der Waals surface area contributed by atoms with Crippen LogP contribution in [0, 0.1) is 0 Å². The highest BCUT2D eigenvalue weighted by Crippen LogP contribution is 2.66. The first-order valence-electron chi connectivity index (χ1n) is 18.5. The Morgan fingerprint density at radius 1 is 0.244 bits per heavy atom. The zero-order valence-corrected chi connectivity index (χ0v) is 30.4. The first-order valence-corrected chi connectivity index (χ1v) is 18.5. The SMILES string of the molecule is CC1(C)CCC(C)(C)c2c1c1c3c4c2Cc2c5c(c6c(c24)c2c(c4c(c(c32)C1)C(C)(C)CCC4(C)C)C6)C(C)(C)CCC5(C)C. The fourth-order valence-electron chi connectivity index (χ4n) is 12.9. The smallest absolute Gasteiger partial charge is 0.000689 e. The Morgan fingerprint density at radius 3 is 0.511 bits per heavy atom. The molecule has 0 N–H and O–H groups in total. The quantitative estimate of drug-likeness (QED) is 0.153. The van der Waals surface area contributed by atoms with E-state index in [2.05, 4.69) is 83.1 Å². The standard InChI is InChI=1S/C45H54/c1-40(2)13-14-41(3,4)35-23-20-25-31-29(23)28-22(34(35)40)19-24-30(28)32-26(38-36(24)42(5,6)15-16-44(38,9)10)21-27(33(31)32)39-37(25)43(7,8)17-18-45(39,11)12/h13-21H2,1-12H3.